The highest BCUT2D eigenvalue weighted by Crippen LogP contribution is 2.24. The van der Waals surface area contributed by atoms with Crippen LogP contribution in [0.15, 0.2) is 10.4 Å². The van der Waals surface area contributed by atoms with E-state index in [9.17, 15) is 8.42 Å². The Morgan fingerprint density at radius 3 is 2.68 bits per heavy atom. The van der Waals surface area contributed by atoms with Crippen molar-refractivity contribution in [3.05, 3.63) is 11.2 Å². The number of aryl methyl sites for hydroxylation is 1. The molecule has 0 bridgehead atoms. The minimum atomic E-state index is -3.36. The fourth-order valence-corrected chi connectivity index (χ4v) is 5.13. The summed E-state index contributed by atoms with van der Waals surface area (Å²) in [6.45, 7) is 6.84. The molecule has 0 aromatic carbocycles. The summed E-state index contributed by atoms with van der Waals surface area (Å²) in [6.07, 6.45) is 3.57. The summed E-state index contributed by atoms with van der Waals surface area (Å²) in [5.74, 6) is 0.463. The molecule has 0 amide bonds. The molecule has 1 saturated heterocycles. The van der Waals surface area contributed by atoms with Gasteiger partial charge in [0, 0.05) is 13.1 Å². The van der Waals surface area contributed by atoms with Gasteiger partial charge in [-0.1, -0.05) is 6.92 Å². The number of rotatable bonds is 5. The lowest BCUT2D eigenvalue weighted by molar-refractivity contribution is 0.294. The third-order valence-electron chi connectivity index (χ3n) is 3.47. The average Bonchev–Trinajstić information content (AvgIpc) is 2.84. The van der Waals surface area contributed by atoms with Crippen LogP contribution >= 0.6 is 11.3 Å². The van der Waals surface area contributed by atoms with E-state index in [4.69, 9.17) is 0 Å². The maximum Gasteiger partial charge on any atom is 0.254 e. The number of sulfonamides is 1. The molecule has 1 N–H and O–H groups in total. The van der Waals surface area contributed by atoms with Crippen LogP contribution in [0.3, 0.4) is 0 Å². The van der Waals surface area contributed by atoms with Gasteiger partial charge in [-0.05, 0) is 38.8 Å². The number of aromatic nitrogens is 1. The summed E-state index contributed by atoms with van der Waals surface area (Å²) in [5, 5.41) is 4.09. The number of thiazole rings is 1. The summed E-state index contributed by atoms with van der Waals surface area (Å²) in [6, 6.07) is 0. The van der Waals surface area contributed by atoms with Crippen molar-refractivity contribution in [2.45, 2.75) is 30.9 Å². The zero-order valence-corrected chi connectivity index (χ0v) is 13.1. The molecule has 0 aliphatic carbocycles. The quantitative estimate of drug-likeness (QED) is 0.894. The highest BCUT2D eigenvalue weighted by atomic mass is 32.2. The third-order valence-corrected chi connectivity index (χ3v) is 6.76. The molecule has 19 heavy (non-hydrogen) atoms. The lowest BCUT2D eigenvalue weighted by Crippen LogP contribution is -2.39. The Morgan fingerprint density at radius 2 is 2.16 bits per heavy atom. The Labute approximate surface area is 119 Å². The Bertz CT molecular complexity index is 507. The molecule has 0 unspecified atom stereocenters. The number of hydrogen-bond donors (Lipinski definition) is 1. The van der Waals surface area contributed by atoms with Crippen molar-refractivity contribution in [3.63, 3.8) is 0 Å². The number of nitrogens with one attached hydrogen (secondary N) is 1. The predicted octanol–water partition coefficient (Wildman–Crippen LogP) is 1.46. The monoisotopic (exact) mass is 303 g/mol. The van der Waals surface area contributed by atoms with Crippen molar-refractivity contribution < 1.29 is 8.42 Å². The number of hydrogen-bond acceptors (Lipinski definition) is 5. The maximum absolute atomic E-state index is 12.5. The van der Waals surface area contributed by atoms with Crippen molar-refractivity contribution in [2.24, 2.45) is 5.92 Å². The summed E-state index contributed by atoms with van der Waals surface area (Å²) in [4.78, 5) is 4.05. The van der Waals surface area contributed by atoms with Gasteiger partial charge in [-0.2, -0.15) is 4.31 Å². The van der Waals surface area contributed by atoms with E-state index < -0.39 is 10.0 Å². The van der Waals surface area contributed by atoms with Crippen LogP contribution in [0.4, 0.5) is 0 Å². The van der Waals surface area contributed by atoms with Crippen LogP contribution in [-0.4, -0.2) is 43.9 Å². The molecule has 5 nitrogen and oxygen atoms in total. The van der Waals surface area contributed by atoms with Crippen molar-refractivity contribution in [1.29, 1.82) is 0 Å². The van der Waals surface area contributed by atoms with E-state index in [0.717, 1.165) is 30.9 Å². The third kappa shape index (κ3) is 3.53. The van der Waals surface area contributed by atoms with E-state index in [0.29, 0.717) is 23.2 Å². The van der Waals surface area contributed by atoms with Crippen LogP contribution in [-0.2, 0) is 10.0 Å². The van der Waals surface area contributed by atoms with Crippen LogP contribution in [0.2, 0.25) is 0 Å². The summed E-state index contributed by atoms with van der Waals surface area (Å²) in [7, 11) is -3.36. The van der Waals surface area contributed by atoms with Crippen LogP contribution in [0.1, 0.15) is 24.8 Å². The van der Waals surface area contributed by atoms with E-state index in [-0.39, 0.29) is 0 Å². The molecule has 0 spiro atoms. The Kier molecular flexibility index (Phi) is 4.94. The van der Waals surface area contributed by atoms with E-state index >= 15 is 0 Å². The van der Waals surface area contributed by atoms with Gasteiger partial charge in [0.25, 0.3) is 10.0 Å². The Morgan fingerprint density at radius 1 is 1.47 bits per heavy atom. The highest BCUT2D eigenvalue weighted by molar-refractivity contribution is 7.91. The minimum absolute atomic E-state index is 0.362. The second-order valence-corrected chi connectivity index (χ2v) is 8.25. The molecule has 7 heteroatoms. The molecule has 1 aliphatic heterocycles. The molecule has 2 heterocycles. The molecule has 1 aliphatic rings. The summed E-state index contributed by atoms with van der Waals surface area (Å²) in [5.41, 5.74) is 0. The van der Waals surface area contributed by atoms with E-state index in [1.165, 1.54) is 17.5 Å². The standard InChI is InChI=1S/C12H21N3O2S2/c1-3-15(9-11-4-6-13-7-5-11)19(16,17)12-8-14-10(2)18-12/h8,11,13H,3-7,9H2,1-2H3. The average molecular weight is 303 g/mol. The van der Waals surface area contributed by atoms with E-state index in [2.05, 4.69) is 10.3 Å². The topological polar surface area (TPSA) is 62.3 Å². The molecule has 0 saturated carbocycles. The van der Waals surface area contributed by atoms with Gasteiger partial charge in [0.05, 0.1) is 11.2 Å². The predicted molar refractivity (Wildman–Crippen MR) is 76.9 cm³/mol. The van der Waals surface area contributed by atoms with Gasteiger partial charge in [0.1, 0.15) is 0 Å². The molecule has 1 fully saturated rings. The van der Waals surface area contributed by atoms with Crippen molar-refractivity contribution >= 4 is 21.4 Å². The fourth-order valence-electron chi connectivity index (χ4n) is 2.34. The molecule has 108 valence electrons. The van der Waals surface area contributed by atoms with Crippen LogP contribution < -0.4 is 5.32 Å². The van der Waals surface area contributed by atoms with Gasteiger partial charge in [-0.25, -0.2) is 13.4 Å². The van der Waals surface area contributed by atoms with Gasteiger partial charge >= 0.3 is 0 Å². The smallest absolute Gasteiger partial charge is 0.254 e. The normalized spacial score (nSPS) is 18.1. The molecule has 1 aromatic heterocycles. The molecule has 0 atom stereocenters. The van der Waals surface area contributed by atoms with Gasteiger partial charge < -0.3 is 5.32 Å². The van der Waals surface area contributed by atoms with Crippen molar-refractivity contribution in [2.75, 3.05) is 26.2 Å². The molecular weight excluding hydrogens is 282 g/mol. The largest absolute Gasteiger partial charge is 0.317 e. The number of nitrogens with zero attached hydrogens (tertiary/aromatic N) is 2. The zero-order chi connectivity index (χ0) is 13.9. The molecule has 1 aromatic rings. The molecule has 2 rings (SSSR count). The van der Waals surface area contributed by atoms with E-state index in [1.807, 2.05) is 13.8 Å². The summed E-state index contributed by atoms with van der Waals surface area (Å²) >= 11 is 1.25. The first-order valence-electron chi connectivity index (χ1n) is 6.67. The van der Waals surface area contributed by atoms with Crippen LogP contribution in [0.25, 0.3) is 0 Å². The lowest BCUT2D eigenvalue weighted by atomic mass is 9.98. The van der Waals surface area contributed by atoms with Gasteiger partial charge in [0.2, 0.25) is 0 Å². The first kappa shape index (κ1) is 14.9. The second kappa shape index (κ2) is 6.30. The first-order chi connectivity index (χ1) is 9.04. The van der Waals surface area contributed by atoms with Crippen LogP contribution in [0, 0.1) is 12.8 Å². The van der Waals surface area contributed by atoms with Crippen molar-refractivity contribution in [1.82, 2.24) is 14.6 Å². The lowest BCUT2D eigenvalue weighted by Gasteiger charge is -2.28. The molecular formula is C12H21N3O2S2. The van der Waals surface area contributed by atoms with Gasteiger partial charge in [0.15, 0.2) is 4.21 Å². The van der Waals surface area contributed by atoms with Crippen molar-refractivity contribution in [3.8, 4) is 0 Å². The molecule has 0 radical (unpaired) electrons. The Balaban J connectivity index is 2.11. The SMILES string of the molecule is CCN(CC1CCNCC1)S(=O)(=O)c1cnc(C)s1. The first-order valence-corrected chi connectivity index (χ1v) is 8.93. The summed E-state index contributed by atoms with van der Waals surface area (Å²) < 4.78 is 27.0. The van der Waals surface area contributed by atoms with Crippen LogP contribution in [0.5, 0.6) is 0 Å². The zero-order valence-electron chi connectivity index (χ0n) is 11.4. The van der Waals surface area contributed by atoms with Gasteiger partial charge in [-0.3, -0.25) is 0 Å². The maximum atomic E-state index is 12.5. The minimum Gasteiger partial charge on any atom is -0.317 e. The second-order valence-electron chi connectivity index (χ2n) is 4.85. The Hall–Kier alpha value is -0.500. The number of piperidine rings is 1. The van der Waals surface area contributed by atoms with E-state index in [1.54, 1.807) is 4.31 Å². The van der Waals surface area contributed by atoms with Gasteiger partial charge in [-0.15, -0.1) is 11.3 Å². The highest BCUT2D eigenvalue weighted by Gasteiger charge is 2.28. The fraction of sp³-hybridized carbons (Fsp3) is 0.750.